The maximum atomic E-state index is 3.84. The third-order valence-electron chi connectivity index (χ3n) is 5.51. The van der Waals surface area contributed by atoms with E-state index in [1.54, 1.807) is 4.62 Å². The first kappa shape index (κ1) is 15.2. The molecule has 0 saturated heterocycles. The fourth-order valence-corrected chi connectivity index (χ4v) is 10.1. The second kappa shape index (κ2) is 7.02. The maximum absolute atomic E-state index is 3.84. The second-order valence-corrected chi connectivity index (χ2v) is 11.1. The second-order valence-electron chi connectivity index (χ2n) is 7.02. The van der Waals surface area contributed by atoms with Gasteiger partial charge in [0.15, 0.2) is 0 Å². The minimum Gasteiger partial charge on any atom is -0.135 e. The predicted molar refractivity (Wildman–Crippen MR) is 101 cm³/mol. The third kappa shape index (κ3) is 3.13. The van der Waals surface area contributed by atoms with Gasteiger partial charge in [-0.2, -0.15) is 0 Å². The molecule has 0 nitrogen and oxygen atoms in total. The highest BCUT2D eigenvalue weighted by molar-refractivity contribution is 7.73. The summed E-state index contributed by atoms with van der Waals surface area (Å²) in [5.74, 6) is 0. The summed E-state index contributed by atoms with van der Waals surface area (Å²) in [6.07, 6.45) is 14.8. The molecule has 0 atom stereocenters. The van der Waals surface area contributed by atoms with Crippen LogP contribution in [0.5, 0.6) is 0 Å². The average Bonchev–Trinajstić information content (AvgIpc) is 3.00. The van der Waals surface area contributed by atoms with Crippen LogP contribution in [-0.2, 0) is 0 Å². The molecule has 1 radical (unpaired) electrons. The van der Waals surface area contributed by atoms with Crippen molar-refractivity contribution in [2.24, 2.45) is 0 Å². The largest absolute Gasteiger partial charge is 0.135 e. The van der Waals surface area contributed by atoms with Crippen LogP contribution in [0.25, 0.3) is 10.1 Å². The lowest BCUT2D eigenvalue weighted by Crippen LogP contribution is -2.25. The molecule has 2 aliphatic rings. The van der Waals surface area contributed by atoms with Crippen LogP contribution in [-0.4, -0.2) is 11.3 Å². The van der Waals surface area contributed by atoms with E-state index in [-0.39, 0.29) is 7.92 Å². The van der Waals surface area contributed by atoms with Gasteiger partial charge in [-0.3, -0.25) is 0 Å². The first-order valence-corrected chi connectivity index (χ1v) is 11.4. The summed E-state index contributed by atoms with van der Waals surface area (Å²) in [5, 5.41) is 1.36. The van der Waals surface area contributed by atoms with Gasteiger partial charge < -0.3 is 0 Å². The molecule has 2 saturated carbocycles. The van der Waals surface area contributed by atoms with Gasteiger partial charge in [0, 0.05) is 20.8 Å². The van der Waals surface area contributed by atoms with E-state index in [0.717, 1.165) is 11.3 Å². The zero-order chi connectivity index (χ0) is 14.8. The first-order valence-electron chi connectivity index (χ1n) is 9.11. The van der Waals surface area contributed by atoms with Crippen LogP contribution >= 0.6 is 19.3 Å². The highest BCUT2D eigenvalue weighted by Gasteiger charge is 2.33. The Hall–Kier alpha value is -0.390. The minimum atomic E-state index is 0.0241. The van der Waals surface area contributed by atoms with E-state index in [2.05, 4.69) is 41.7 Å². The monoisotopic (exact) mass is 329 g/mol. The Kier molecular flexibility index (Phi) is 4.83. The third-order valence-corrected chi connectivity index (χ3v) is 10.5. The first-order chi connectivity index (χ1) is 10.9. The fourth-order valence-electron chi connectivity index (χ4n) is 4.37. The van der Waals surface area contributed by atoms with Gasteiger partial charge >= 0.3 is 0 Å². The van der Waals surface area contributed by atoms with Crippen molar-refractivity contribution in [3.63, 3.8) is 0 Å². The molecule has 0 bridgehead atoms. The van der Waals surface area contributed by atoms with Crippen LogP contribution in [0.2, 0.25) is 0 Å². The van der Waals surface area contributed by atoms with E-state index < -0.39 is 0 Å². The Balaban J connectivity index is 1.68. The van der Waals surface area contributed by atoms with Crippen molar-refractivity contribution in [2.75, 3.05) is 0 Å². The normalized spacial score (nSPS) is 21.7. The van der Waals surface area contributed by atoms with Gasteiger partial charge in [0.25, 0.3) is 0 Å². The molecular weight excluding hydrogens is 303 g/mol. The smallest absolute Gasteiger partial charge is 0.0375 e. The Morgan fingerprint density at radius 1 is 0.818 bits per heavy atom. The fraction of sp³-hybridized carbons (Fsp3) is 0.600. The summed E-state index contributed by atoms with van der Waals surface area (Å²) in [5.41, 5.74) is 1.99. The standard InChI is InChI=1S/C20H26PS/c1-3-10-17(11-4-1)21(18-12-5-2-6-13-18)20-15-16-9-7-8-14-19(16)22-20/h7-9,14,17-18H,1-6,10-13H2. The van der Waals surface area contributed by atoms with Gasteiger partial charge in [-0.05, 0) is 43.1 Å². The Labute approximate surface area is 140 Å². The molecule has 0 unspecified atom stereocenters. The lowest BCUT2D eigenvalue weighted by Gasteiger charge is -2.37. The summed E-state index contributed by atoms with van der Waals surface area (Å²) < 4.78 is 3.10. The highest BCUT2D eigenvalue weighted by Crippen LogP contribution is 2.56. The summed E-state index contributed by atoms with van der Waals surface area (Å²) >= 11 is 2.07. The van der Waals surface area contributed by atoms with Crippen LogP contribution in [0.1, 0.15) is 64.2 Å². The molecular formula is C20H26PS. The van der Waals surface area contributed by atoms with Gasteiger partial charge in [-0.25, -0.2) is 0 Å². The van der Waals surface area contributed by atoms with Gasteiger partial charge in [-0.1, -0.05) is 64.6 Å². The maximum Gasteiger partial charge on any atom is 0.0375 e. The van der Waals surface area contributed by atoms with Crippen LogP contribution in [0.3, 0.4) is 0 Å². The van der Waals surface area contributed by atoms with Crippen molar-refractivity contribution in [2.45, 2.75) is 75.5 Å². The quantitative estimate of drug-likeness (QED) is 0.566. The molecule has 2 heteroatoms. The van der Waals surface area contributed by atoms with Crippen molar-refractivity contribution < 1.29 is 0 Å². The molecule has 1 aromatic heterocycles. The number of fused-ring (bicyclic) bond motifs is 1. The minimum absolute atomic E-state index is 0.0241. The van der Waals surface area contributed by atoms with E-state index in [1.807, 2.05) is 0 Å². The number of thiophene rings is 1. The topological polar surface area (TPSA) is 0 Å². The lowest BCUT2D eigenvalue weighted by molar-refractivity contribution is 0.487. The molecule has 0 spiro atoms. The van der Waals surface area contributed by atoms with E-state index in [1.165, 1.54) is 74.3 Å². The van der Waals surface area contributed by atoms with Crippen LogP contribution in [0.4, 0.5) is 0 Å². The zero-order valence-corrected chi connectivity index (χ0v) is 15.1. The molecule has 0 amide bonds. The van der Waals surface area contributed by atoms with Gasteiger partial charge in [0.2, 0.25) is 0 Å². The van der Waals surface area contributed by atoms with Gasteiger partial charge in [0.1, 0.15) is 0 Å². The predicted octanol–water partition coefficient (Wildman–Crippen LogP) is 6.47. The van der Waals surface area contributed by atoms with Crippen molar-refractivity contribution in [3.05, 3.63) is 30.3 Å². The van der Waals surface area contributed by atoms with Gasteiger partial charge in [0.05, 0.1) is 0 Å². The average molecular weight is 329 g/mol. The molecule has 2 aromatic rings. The van der Waals surface area contributed by atoms with Crippen molar-refractivity contribution in [3.8, 4) is 0 Å². The molecule has 1 heterocycles. The molecule has 4 rings (SSSR count). The summed E-state index contributed by atoms with van der Waals surface area (Å²) in [6.45, 7) is 0. The molecule has 117 valence electrons. The molecule has 1 aromatic carbocycles. The van der Waals surface area contributed by atoms with Crippen molar-refractivity contribution in [1.29, 1.82) is 0 Å². The van der Waals surface area contributed by atoms with E-state index >= 15 is 0 Å². The number of rotatable bonds is 3. The van der Waals surface area contributed by atoms with Crippen LogP contribution < -0.4 is 4.62 Å². The zero-order valence-electron chi connectivity index (χ0n) is 13.4. The highest BCUT2D eigenvalue weighted by atomic mass is 32.1. The van der Waals surface area contributed by atoms with Crippen molar-refractivity contribution >= 4 is 34.0 Å². The van der Waals surface area contributed by atoms with Gasteiger partial charge in [-0.15, -0.1) is 11.3 Å². The summed E-state index contributed by atoms with van der Waals surface area (Å²) in [4.78, 5) is 0. The number of benzene rings is 1. The summed E-state index contributed by atoms with van der Waals surface area (Å²) in [6, 6.07) is 12.7. The Morgan fingerprint density at radius 2 is 1.41 bits per heavy atom. The number of hydrogen-bond donors (Lipinski definition) is 0. The molecule has 2 fully saturated rings. The molecule has 0 N–H and O–H groups in total. The Morgan fingerprint density at radius 3 is 2.00 bits per heavy atom. The number of hydrogen-bond acceptors (Lipinski definition) is 1. The van der Waals surface area contributed by atoms with E-state index in [4.69, 9.17) is 0 Å². The van der Waals surface area contributed by atoms with Crippen LogP contribution in [0.15, 0.2) is 24.3 Å². The SMILES string of the molecule is [c]1c(P(C2CCCCC2)C2CCCCC2)sc2ccccc12. The van der Waals surface area contributed by atoms with Crippen LogP contribution in [0, 0.1) is 6.07 Å². The molecule has 2 aliphatic carbocycles. The van der Waals surface area contributed by atoms with Crippen molar-refractivity contribution in [1.82, 2.24) is 0 Å². The Bertz CT molecular complexity index is 554. The lowest BCUT2D eigenvalue weighted by atomic mass is 9.99. The van der Waals surface area contributed by atoms with E-state index in [9.17, 15) is 0 Å². The summed E-state index contributed by atoms with van der Waals surface area (Å²) in [7, 11) is 0.0241. The van der Waals surface area contributed by atoms with E-state index in [0.29, 0.717) is 0 Å². The molecule has 22 heavy (non-hydrogen) atoms. The molecule has 0 aliphatic heterocycles.